The summed E-state index contributed by atoms with van der Waals surface area (Å²) >= 11 is 3.73. The summed E-state index contributed by atoms with van der Waals surface area (Å²) in [5, 5.41) is 6.45. The number of hydrogen-bond donors (Lipinski definition) is 0. The molecule has 3 heterocycles. The summed E-state index contributed by atoms with van der Waals surface area (Å²) in [5.41, 5.74) is 17.0. The quantitative estimate of drug-likeness (QED) is 0.105. The summed E-state index contributed by atoms with van der Waals surface area (Å²) < 4.78 is 7.62. The smallest absolute Gasteiger partial charge is 0.0543 e. The maximum Gasteiger partial charge on any atom is 0.0543 e. The number of fused-ring (bicyclic) bond motifs is 9. The molecule has 0 N–H and O–H groups in total. The number of benzene rings is 10. The van der Waals surface area contributed by atoms with Crippen molar-refractivity contribution in [3.63, 3.8) is 0 Å². The second-order valence-corrected chi connectivity index (χ2v) is 22.1. The van der Waals surface area contributed by atoms with Gasteiger partial charge in [0, 0.05) is 91.2 Å². The Hall–Kier alpha value is -9.26. The number of para-hydroxylation sites is 3. The van der Waals surface area contributed by atoms with Gasteiger partial charge in [0.25, 0.3) is 0 Å². The molecule has 0 aliphatic heterocycles. The Morgan fingerprint density at radius 1 is 0.407 bits per heavy atom. The van der Waals surface area contributed by atoms with E-state index in [1.807, 2.05) is 60.8 Å². The molecule has 396 valence electrons. The minimum absolute atomic E-state index is 1.06. The van der Waals surface area contributed by atoms with Gasteiger partial charge in [-0.05, 0) is 190 Å². The van der Waals surface area contributed by atoms with Crippen LogP contribution in [0.15, 0.2) is 280 Å². The third kappa shape index (κ3) is 11.2. The molecule has 0 atom stereocenters. The third-order valence-electron chi connectivity index (χ3n) is 14.9. The first-order chi connectivity index (χ1) is 39.9. The number of nitrogens with zero attached hydrogens (tertiary/aromatic N) is 3. The number of allylic oxidation sites excluding steroid dienone is 5. The van der Waals surface area contributed by atoms with E-state index in [2.05, 4.69) is 290 Å². The minimum Gasteiger partial charge on any atom is -0.310 e. The maximum absolute atomic E-state index is 3.00. The zero-order chi connectivity index (χ0) is 55.7. The van der Waals surface area contributed by atoms with Crippen LogP contribution in [-0.2, 0) is 6.42 Å². The van der Waals surface area contributed by atoms with Gasteiger partial charge in [0.05, 0.1) is 5.52 Å². The minimum atomic E-state index is 1.06. The normalized spacial score (nSPS) is 11.8. The lowest BCUT2D eigenvalue weighted by atomic mass is 9.98. The van der Waals surface area contributed by atoms with E-state index in [-0.39, 0.29) is 0 Å². The number of anilines is 6. The van der Waals surface area contributed by atoms with Gasteiger partial charge in [-0.1, -0.05) is 152 Å². The number of thiophene rings is 2. The fourth-order valence-corrected chi connectivity index (χ4v) is 13.1. The van der Waals surface area contributed by atoms with E-state index in [1.54, 1.807) is 0 Å². The molecule has 0 unspecified atom stereocenters. The molecule has 0 saturated heterocycles. The Morgan fingerprint density at radius 3 is 1.46 bits per heavy atom. The average molecular weight is 1080 g/mol. The molecule has 0 amide bonds. The number of aryl methyl sites for hydroxylation is 3. The van der Waals surface area contributed by atoms with E-state index in [0.29, 0.717) is 0 Å². The molecular weight excluding hydrogens is 1020 g/mol. The first kappa shape index (κ1) is 53.7. The van der Waals surface area contributed by atoms with Crippen LogP contribution in [-0.4, -0.2) is 4.57 Å². The molecule has 1 aliphatic carbocycles. The van der Waals surface area contributed by atoms with Crippen LogP contribution in [0.5, 0.6) is 0 Å². The zero-order valence-corrected chi connectivity index (χ0v) is 48.1. The first-order valence-corrected chi connectivity index (χ1v) is 29.4. The molecule has 14 rings (SSSR count). The maximum atomic E-state index is 3.00. The topological polar surface area (TPSA) is 11.4 Å². The lowest BCUT2D eigenvalue weighted by Crippen LogP contribution is -2.13. The lowest BCUT2D eigenvalue weighted by Gasteiger charge is -2.29. The predicted octanol–water partition coefficient (Wildman–Crippen LogP) is 23.2. The van der Waals surface area contributed by atoms with Gasteiger partial charge in [-0.15, -0.1) is 35.8 Å². The van der Waals surface area contributed by atoms with Gasteiger partial charge in [0.2, 0.25) is 0 Å². The Bertz CT molecular complexity index is 4310. The van der Waals surface area contributed by atoms with Crippen LogP contribution in [0.25, 0.3) is 74.1 Å². The standard InChI is InChI=1S/C60H41N3S2.C8H10.C6H10.C2H4/c1-4-15-42(16-5-1)61(43-17-6-2-7-18-43)45-21-14-22-46(37-45)62(47-29-33-59-53(38-47)51-24-11-13-26-57(51)64-59)48-30-34-60-54(39-48)52-35-40(28-32-58(52)65-60)41-27-31-50-49-23-10-12-25-55(49)63(56(50)36-41)44-19-8-3-9-20-44;1-7-5-3-4-6-8(7)2;1-3-5-6-4-2;1-2/h1-9,11-22,24-39H,10,23H2;3-6H,1-2H3;3-6H,1-2H3;1-2H2/b;;5-3-,6-4-;. The van der Waals surface area contributed by atoms with Crippen LogP contribution in [0.3, 0.4) is 0 Å². The summed E-state index contributed by atoms with van der Waals surface area (Å²) in [4.78, 5) is 4.78. The molecule has 10 aromatic carbocycles. The summed E-state index contributed by atoms with van der Waals surface area (Å²) in [6.45, 7) is 14.2. The highest BCUT2D eigenvalue weighted by atomic mass is 32.1. The summed E-state index contributed by atoms with van der Waals surface area (Å²) in [7, 11) is 0. The highest BCUT2D eigenvalue weighted by molar-refractivity contribution is 7.26. The van der Waals surface area contributed by atoms with Gasteiger partial charge in [0.1, 0.15) is 0 Å². The van der Waals surface area contributed by atoms with Gasteiger partial charge >= 0.3 is 0 Å². The number of hydrogen-bond acceptors (Lipinski definition) is 4. The van der Waals surface area contributed by atoms with Gasteiger partial charge in [-0.2, -0.15) is 0 Å². The van der Waals surface area contributed by atoms with E-state index >= 15 is 0 Å². The van der Waals surface area contributed by atoms with Crippen LogP contribution in [0.2, 0.25) is 0 Å². The second-order valence-electron chi connectivity index (χ2n) is 20.0. The lowest BCUT2D eigenvalue weighted by molar-refractivity contribution is 0.967. The van der Waals surface area contributed by atoms with Gasteiger partial charge in [-0.25, -0.2) is 0 Å². The van der Waals surface area contributed by atoms with E-state index in [0.717, 1.165) is 47.0 Å². The van der Waals surface area contributed by atoms with Crippen LogP contribution in [0, 0.1) is 13.8 Å². The molecular formula is C76H65N3S2. The number of rotatable bonds is 9. The largest absolute Gasteiger partial charge is 0.310 e. The van der Waals surface area contributed by atoms with Crippen molar-refractivity contribution in [3.8, 4) is 16.8 Å². The second kappa shape index (κ2) is 24.8. The van der Waals surface area contributed by atoms with E-state index < -0.39 is 0 Å². The van der Waals surface area contributed by atoms with E-state index in [9.17, 15) is 0 Å². The van der Waals surface area contributed by atoms with E-state index in [1.165, 1.54) is 90.4 Å². The molecule has 0 spiro atoms. The zero-order valence-electron chi connectivity index (χ0n) is 46.5. The highest BCUT2D eigenvalue weighted by Crippen LogP contribution is 2.46. The summed E-state index contributed by atoms with van der Waals surface area (Å²) in [5.74, 6) is 0. The van der Waals surface area contributed by atoms with Gasteiger partial charge < -0.3 is 14.4 Å². The van der Waals surface area contributed by atoms with Crippen molar-refractivity contribution in [2.24, 2.45) is 0 Å². The van der Waals surface area contributed by atoms with Crippen LogP contribution < -0.4 is 9.80 Å². The predicted molar refractivity (Wildman–Crippen MR) is 358 cm³/mol. The monoisotopic (exact) mass is 1080 g/mol. The molecule has 81 heavy (non-hydrogen) atoms. The molecule has 3 aromatic heterocycles. The Labute approximate surface area is 485 Å². The highest BCUT2D eigenvalue weighted by Gasteiger charge is 2.22. The summed E-state index contributed by atoms with van der Waals surface area (Å²) in [6.07, 6.45) is 14.8. The molecule has 3 nitrogen and oxygen atoms in total. The first-order valence-electron chi connectivity index (χ1n) is 27.8. The van der Waals surface area contributed by atoms with Crippen LogP contribution in [0.1, 0.15) is 42.7 Å². The van der Waals surface area contributed by atoms with E-state index in [4.69, 9.17) is 0 Å². The fraction of sp³-hybridized carbons (Fsp3) is 0.0789. The van der Waals surface area contributed by atoms with Crippen LogP contribution in [0.4, 0.5) is 34.1 Å². The van der Waals surface area contributed by atoms with Crippen molar-refractivity contribution in [3.05, 3.63) is 303 Å². The molecule has 13 aromatic rings. The van der Waals surface area contributed by atoms with Gasteiger partial charge in [0.15, 0.2) is 0 Å². The van der Waals surface area contributed by atoms with Crippen molar-refractivity contribution in [1.82, 2.24) is 4.57 Å². The van der Waals surface area contributed by atoms with Crippen molar-refractivity contribution in [2.45, 2.75) is 40.5 Å². The molecule has 0 radical (unpaired) electrons. The Kier molecular flexibility index (Phi) is 16.5. The summed E-state index contributed by atoms with van der Waals surface area (Å²) in [6, 6.07) is 86.4. The van der Waals surface area contributed by atoms with Crippen LogP contribution >= 0.6 is 22.7 Å². The SMILES string of the molecule is C/C=C\C=C/C.C1=Cc2c(c3ccc(-c4ccc5sc6ccc(N(c7cccc(N(c8ccccc8)c8ccccc8)c7)c7ccc8sc9ccccc9c8c7)cc6c5c4)cc3n2-c2ccccc2)CC1.C=C.Cc1ccccc1C. The molecule has 5 heteroatoms. The molecule has 0 fully saturated rings. The average Bonchev–Trinajstić information content (AvgIpc) is 4.24. The van der Waals surface area contributed by atoms with Gasteiger partial charge in [-0.3, -0.25) is 0 Å². The molecule has 0 saturated carbocycles. The number of aromatic nitrogens is 1. The van der Waals surface area contributed by atoms with Crippen molar-refractivity contribution in [1.29, 1.82) is 0 Å². The third-order valence-corrected chi connectivity index (χ3v) is 17.2. The fourth-order valence-electron chi connectivity index (χ4n) is 10.9. The van der Waals surface area contributed by atoms with Crippen molar-refractivity contribution in [2.75, 3.05) is 9.80 Å². The van der Waals surface area contributed by atoms with Crippen molar-refractivity contribution < 1.29 is 0 Å². The van der Waals surface area contributed by atoms with Crippen molar-refractivity contribution >= 4 is 114 Å². The molecule has 1 aliphatic rings. The Morgan fingerprint density at radius 2 is 0.864 bits per heavy atom. The Balaban J connectivity index is 0.000000379. The molecule has 0 bridgehead atoms.